The van der Waals surface area contributed by atoms with E-state index in [2.05, 4.69) is 10.6 Å². The van der Waals surface area contributed by atoms with Crippen LogP contribution < -0.4 is 15.4 Å². The Hall–Kier alpha value is -1.82. The minimum Gasteiger partial charge on any atom is -0.494 e. The van der Waals surface area contributed by atoms with Gasteiger partial charge in [-0.05, 0) is 31.0 Å². The SMILES string of the molecule is CCCC(O)CNC(=O)NC(C)c1ccc(OC)c(F)c1. The predicted octanol–water partition coefficient (Wildman–Crippen LogP) is 2.36. The number of amides is 2. The lowest BCUT2D eigenvalue weighted by Crippen LogP contribution is -2.40. The number of hydrogen-bond acceptors (Lipinski definition) is 3. The monoisotopic (exact) mass is 298 g/mol. The van der Waals surface area contributed by atoms with Gasteiger partial charge in [0.1, 0.15) is 0 Å². The highest BCUT2D eigenvalue weighted by Crippen LogP contribution is 2.21. The predicted molar refractivity (Wildman–Crippen MR) is 78.8 cm³/mol. The lowest BCUT2D eigenvalue weighted by atomic mass is 10.1. The average Bonchev–Trinajstić information content (AvgIpc) is 2.45. The van der Waals surface area contributed by atoms with E-state index in [9.17, 15) is 14.3 Å². The number of nitrogens with one attached hydrogen (secondary N) is 2. The number of carbonyl (C=O) groups excluding carboxylic acids is 1. The van der Waals surface area contributed by atoms with E-state index in [4.69, 9.17) is 4.74 Å². The molecule has 0 bridgehead atoms. The van der Waals surface area contributed by atoms with Crippen molar-refractivity contribution in [3.05, 3.63) is 29.6 Å². The van der Waals surface area contributed by atoms with Gasteiger partial charge in [0.05, 0.1) is 19.3 Å². The zero-order valence-corrected chi connectivity index (χ0v) is 12.6. The molecule has 1 rings (SSSR count). The van der Waals surface area contributed by atoms with Gasteiger partial charge in [-0.1, -0.05) is 19.4 Å². The van der Waals surface area contributed by atoms with E-state index in [0.29, 0.717) is 12.0 Å². The second-order valence-electron chi connectivity index (χ2n) is 4.91. The summed E-state index contributed by atoms with van der Waals surface area (Å²) in [5.74, 6) is -0.305. The molecule has 0 fully saturated rings. The van der Waals surface area contributed by atoms with E-state index in [1.165, 1.54) is 19.2 Å². The Labute approximate surface area is 124 Å². The fourth-order valence-corrected chi connectivity index (χ4v) is 1.93. The fourth-order valence-electron chi connectivity index (χ4n) is 1.93. The number of aliphatic hydroxyl groups is 1. The third-order valence-electron chi connectivity index (χ3n) is 3.14. The van der Waals surface area contributed by atoms with Gasteiger partial charge in [-0.3, -0.25) is 0 Å². The molecule has 0 saturated carbocycles. The quantitative estimate of drug-likeness (QED) is 0.723. The summed E-state index contributed by atoms with van der Waals surface area (Å²) in [5, 5.41) is 14.8. The molecule has 2 atom stereocenters. The minimum absolute atomic E-state index is 0.165. The smallest absolute Gasteiger partial charge is 0.315 e. The molecule has 0 radical (unpaired) electrons. The van der Waals surface area contributed by atoms with Crippen LogP contribution in [-0.2, 0) is 0 Å². The molecule has 0 aliphatic heterocycles. The Morgan fingerprint density at radius 2 is 2.19 bits per heavy atom. The molecule has 0 aliphatic carbocycles. The van der Waals surface area contributed by atoms with Crippen LogP contribution in [0.3, 0.4) is 0 Å². The van der Waals surface area contributed by atoms with Crippen molar-refractivity contribution in [2.24, 2.45) is 0 Å². The van der Waals surface area contributed by atoms with Crippen LogP contribution in [0.5, 0.6) is 5.75 Å². The molecule has 0 aromatic heterocycles. The van der Waals surface area contributed by atoms with E-state index in [0.717, 1.165) is 6.42 Å². The van der Waals surface area contributed by atoms with Crippen LogP contribution in [0.4, 0.5) is 9.18 Å². The van der Waals surface area contributed by atoms with E-state index in [-0.39, 0.29) is 18.3 Å². The van der Waals surface area contributed by atoms with Crippen molar-refractivity contribution in [3.8, 4) is 5.75 Å². The van der Waals surface area contributed by atoms with Crippen molar-refractivity contribution in [3.63, 3.8) is 0 Å². The maximum absolute atomic E-state index is 13.6. The van der Waals surface area contributed by atoms with Crippen molar-refractivity contribution >= 4 is 6.03 Å². The first-order valence-corrected chi connectivity index (χ1v) is 7.03. The van der Waals surface area contributed by atoms with E-state index in [1.807, 2.05) is 6.92 Å². The van der Waals surface area contributed by atoms with Gasteiger partial charge in [0.25, 0.3) is 0 Å². The summed E-state index contributed by atoms with van der Waals surface area (Å²) in [4.78, 5) is 11.7. The first-order valence-electron chi connectivity index (χ1n) is 7.03. The zero-order chi connectivity index (χ0) is 15.8. The van der Waals surface area contributed by atoms with Gasteiger partial charge in [-0.15, -0.1) is 0 Å². The number of halogens is 1. The van der Waals surface area contributed by atoms with Gasteiger partial charge in [0.2, 0.25) is 0 Å². The number of ether oxygens (including phenoxy) is 1. The lowest BCUT2D eigenvalue weighted by molar-refractivity contribution is 0.160. The minimum atomic E-state index is -0.547. The van der Waals surface area contributed by atoms with E-state index >= 15 is 0 Å². The molecule has 1 aromatic carbocycles. The Morgan fingerprint density at radius 3 is 2.76 bits per heavy atom. The summed E-state index contributed by atoms with van der Waals surface area (Å²) < 4.78 is 18.4. The van der Waals surface area contributed by atoms with Crippen LogP contribution in [0, 0.1) is 5.82 Å². The lowest BCUT2D eigenvalue weighted by Gasteiger charge is -2.17. The first-order chi connectivity index (χ1) is 9.97. The molecule has 2 unspecified atom stereocenters. The fraction of sp³-hybridized carbons (Fsp3) is 0.533. The number of urea groups is 1. The van der Waals surface area contributed by atoms with Crippen molar-refractivity contribution in [1.82, 2.24) is 10.6 Å². The maximum atomic E-state index is 13.6. The number of hydrogen-bond donors (Lipinski definition) is 3. The molecule has 6 heteroatoms. The van der Waals surface area contributed by atoms with Crippen LogP contribution in [0.2, 0.25) is 0 Å². The van der Waals surface area contributed by atoms with Gasteiger partial charge in [-0.25, -0.2) is 9.18 Å². The Kier molecular flexibility index (Phi) is 6.94. The summed E-state index contributed by atoms with van der Waals surface area (Å²) in [6.45, 7) is 3.91. The number of carbonyl (C=O) groups is 1. The number of aliphatic hydroxyl groups excluding tert-OH is 1. The van der Waals surface area contributed by atoms with Gasteiger partial charge >= 0.3 is 6.03 Å². The second kappa shape index (κ2) is 8.46. The summed E-state index contributed by atoms with van der Waals surface area (Å²) in [6.07, 6.45) is 0.945. The first kappa shape index (κ1) is 17.2. The highest BCUT2D eigenvalue weighted by Gasteiger charge is 2.13. The summed E-state index contributed by atoms with van der Waals surface area (Å²) in [6, 6.07) is 3.79. The number of benzene rings is 1. The Bertz CT molecular complexity index is 468. The molecule has 118 valence electrons. The molecular formula is C15H23FN2O3. The molecule has 5 nitrogen and oxygen atoms in total. The average molecular weight is 298 g/mol. The Morgan fingerprint density at radius 1 is 1.48 bits per heavy atom. The van der Waals surface area contributed by atoms with Crippen molar-refractivity contribution < 1.29 is 19.0 Å². The molecule has 0 saturated heterocycles. The molecule has 21 heavy (non-hydrogen) atoms. The maximum Gasteiger partial charge on any atom is 0.315 e. The second-order valence-corrected chi connectivity index (χ2v) is 4.91. The van der Waals surface area contributed by atoms with E-state index < -0.39 is 18.0 Å². The van der Waals surface area contributed by atoms with Gasteiger partial charge in [0, 0.05) is 6.54 Å². The number of methoxy groups -OCH3 is 1. The highest BCUT2D eigenvalue weighted by molar-refractivity contribution is 5.74. The topological polar surface area (TPSA) is 70.6 Å². The standard InChI is InChI=1S/C15H23FN2O3/c1-4-5-12(19)9-17-15(20)18-10(2)11-6-7-14(21-3)13(16)8-11/h6-8,10,12,19H,4-5,9H2,1-3H3,(H2,17,18,20). The van der Waals surface area contributed by atoms with Gasteiger partial charge in [-0.2, -0.15) is 0 Å². The van der Waals surface area contributed by atoms with Crippen LogP contribution in [0.15, 0.2) is 18.2 Å². The third-order valence-corrected chi connectivity index (χ3v) is 3.14. The summed E-state index contributed by atoms with van der Waals surface area (Å²) >= 11 is 0. The van der Waals surface area contributed by atoms with Crippen LogP contribution in [-0.4, -0.2) is 30.9 Å². The zero-order valence-electron chi connectivity index (χ0n) is 12.6. The molecule has 0 heterocycles. The summed E-state index contributed by atoms with van der Waals surface area (Å²) in [5.41, 5.74) is 0.637. The van der Waals surface area contributed by atoms with Crippen molar-refractivity contribution in [1.29, 1.82) is 0 Å². The Balaban J connectivity index is 2.50. The molecule has 1 aromatic rings. The van der Waals surface area contributed by atoms with E-state index in [1.54, 1.807) is 13.0 Å². The van der Waals surface area contributed by atoms with Crippen molar-refractivity contribution in [2.45, 2.75) is 38.8 Å². The normalized spacial score (nSPS) is 13.4. The van der Waals surface area contributed by atoms with Gasteiger partial charge in [0.15, 0.2) is 11.6 Å². The van der Waals surface area contributed by atoms with Crippen LogP contribution >= 0.6 is 0 Å². The third kappa shape index (κ3) is 5.59. The largest absolute Gasteiger partial charge is 0.494 e. The molecule has 0 spiro atoms. The van der Waals surface area contributed by atoms with Gasteiger partial charge < -0.3 is 20.5 Å². The molecule has 2 amide bonds. The molecule has 0 aliphatic rings. The number of rotatable bonds is 7. The summed E-state index contributed by atoms with van der Waals surface area (Å²) in [7, 11) is 1.40. The van der Waals surface area contributed by atoms with Crippen LogP contribution in [0.1, 0.15) is 38.3 Å². The van der Waals surface area contributed by atoms with Crippen molar-refractivity contribution in [2.75, 3.05) is 13.7 Å². The van der Waals surface area contributed by atoms with Crippen LogP contribution in [0.25, 0.3) is 0 Å². The molecular weight excluding hydrogens is 275 g/mol. The molecule has 3 N–H and O–H groups in total. The highest BCUT2D eigenvalue weighted by atomic mass is 19.1.